The Morgan fingerprint density at radius 2 is 2.13 bits per heavy atom. The zero-order valence-corrected chi connectivity index (χ0v) is 13.3. The second-order valence-electron chi connectivity index (χ2n) is 5.31. The van der Waals surface area contributed by atoms with Gasteiger partial charge < -0.3 is 25.8 Å². The van der Waals surface area contributed by atoms with E-state index in [0.717, 1.165) is 26.0 Å². The van der Waals surface area contributed by atoms with E-state index in [-0.39, 0.29) is 24.3 Å². The first-order chi connectivity index (χ1) is 11.2. The van der Waals surface area contributed by atoms with Gasteiger partial charge in [0.1, 0.15) is 12.3 Å². The Bertz CT molecular complexity index is 525. The number of carbonyl (C=O) groups is 1. The van der Waals surface area contributed by atoms with Gasteiger partial charge >= 0.3 is 0 Å². The smallest absolute Gasteiger partial charge is 0.246 e. The molecule has 0 aliphatic carbocycles. The first-order valence-corrected chi connectivity index (χ1v) is 7.90. The molecule has 0 saturated carbocycles. The highest BCUT2D eigenvalue weighted by Crippen LogP contribution is 2.13. The normalized spacial score (nSPS) is 17.8. The quantitative estimate of drug-likeness (QED) is 0.357. The molecule has 1 amide bonds. The Hall–Kier alpha value is -2.28. The van der Waals surface area contributed by atoms with Crippen molar-refractivity contribution >= 4 is 17.6 Å². The van der Waals surface area contributed by atoms with Crippen molar-refractivity contribution in [3.05, 3.63) is 24.3 Å². The molecule has 0 aromatic heterocycles. The molecule has 7 nitrogen and oxygen atoms in total. The number of hydrogen-bond donors (Lipinski definition) is 4. The van der Waals surface area contributed by atoms with Gasteiger partial charge in [0.05, 0.1) is 6.10 Å². The Morgan fingerprint density at radius 3 is 2.78 bits per heavy atom. The van der Waals surface area contributed by atoms with E-state index < -0.39 is 0 Å². The van der Waals surface area contributed by atoms with Gasteiger partial charge in [-0.05, 0) is 44.0 Å². The van der Waals surface area contributed by atoms with Crippen molar-refractivity contribution in [3.63, 3.8) is 0 Å². The van der Waals surface area contributed by atoms with E-state index in [1.165, 1.54) is 12.1 Å². The van der Waals surface area contributed by atoms with Gasteiger partial charge in [-0.1, -0.05) is 0 Å². The predicted molar refractivity (Wildman–Crippen MR) is 89.7 cm³/mol. The number of carbonyl (C=O) groups excluding carboxylic acids is 1. The molecule has 2 rings (SSSR count). The lowest BCUT2D eigenvalue weighted by Gasteiger charge is -2.14. The van der Waals surface area contributed by atoms with E-state index in [4.69, 9.17) is 4.74 Å². The van der Waals surface area contributed by atoms with Crippen LogP contribution in [-0.2, 0) is 9.53 Å². The number of rotatable bonds is 6. The number of phenolic OH excluding ortho intramolecular Hbond substituents is 1. The largest absolute Gasteiger partial charge is 0.508 e. The third-order valence-electron chi connectivity index (χ3n) is 3.40. The number of aliphatic imine (C=N–C) groups is 1. The van der Waals surface area contributed by atoms with E-state index in [2.05, 4.69) is 20.9 Å². The predicted octanol–water partition coefficient (Wildman–Crippen LogP) is 1.06. The van der Waals surface area contributed by atoms with Crippen LogP contribution in [0.4, 0.5) is 5.69 Å². The van der Waals surface area contributed by atoms with E-state index in [1.54, 1.807) is 12.1 Å². The lowest BCUT2D eigenvalue weighted by Crippen LogP contribution is -2.41. The molecule has 1 heterocycles. The number of amides is 1. The summed E-state index contributed by atoms with van der Waals surface area (Å²) < 4.78 is 5.55. The number of phenols is 1. The lowest BCUT2D eigenvalue weighted by molar-refractivity contribution is -0.114. The van der Waals surface area contributed by atoms with E-state index >= 15 is 0 Å². The molecule has 1 saturated heterocycles. The van der Waals surface area contributed by atoms with Crippen LogP contribution in [0.1, 0.15) is 19.8 Å². The molecule has 7 heteroatoms. The number of ether oxygens (including phenoxy) is 1. The van der Waals surface area contributed by atoms with Gasteiger partial charge in [0.15, 0.2) is 5.96 Å². The zero-order chi connectivity index (χ0) is 16.5. The highest BCUT2D eigenvalue weighted by molar-refractivity contribution is 5.94. The summed E-state index contributed by atoms with van der Waals surface area (Å²) in [6.07, 6.45) is 2.35. The van der Waals surface area contributed by atoms with E-state index in [1.807, 2.05) is 6.92 Å². The van der Waals surface area contributed by atoms with Crippen molar-refractivity contribution in [1.82, 2.24) is 10.6 Å². The maximum absolute atomic E-state index is 11.9. The molecular weight excluding hydrogens is 296 g/mol. The fraction of sp³-hybridized carbons (Fsp3) is 0.500. The number of aromatic hydroxyl groups is 1. The number of nitrogens with zero attached hydrogens (tertiary/aromatic N) is 1. The average molecular weight is 320 g/mol. The molecule has 0 spiro atoms. The molecule has 1 aromatic rings. The Balaban J connectivity index is 1.80. The summed E-state index contributed by atoms with van der Waals surface area (Å²) in [6.45, 7) is 4.21. The molecule has 23 heavy (non-hydrogen) atoms. The minimum absolute atomic E-state index is 0.0156. The average Bonchev–Trinajstić information content (AvgIpc) is 3.06. The van der Waals surface area contributed by atoms with Gasteiger partial charge in [-0.15, -0.1) is 0 Å². The Labute approximate surface area is 136 Å². The van der Waals surface area contributed by atoms with Crippen molar-refractivity contribution in [2.24, 2.45) is 4.99 Å². The molecule has 0 radical (unpaired) electrons. The van der Waals surface area contributed by atoms with Crippen molar-refractivity contribution in [3.8, 4) is 5.75 Å². The first-order valence-electron chi connectivity index (χ1n) is 7.90. The third-order valence-corrected chi connectivity index (χ3v) is 3.40. The van der Waals surface area contributed by atoms with Crippen LogP contribution < -0.4 is 16.0 Å². The van der Waals surface area contributed by atoms with Crippen LogP contribution in [0.15, 0.2) is 29.3 Å². The van der Waals surface area contributed by atoms with Crippen LogP contribution in [0.5, 0.6) is 5.75 Å². The summed E-state index contributed by atoms with van der Waals surface area (Å²) in [4.78, 5) is 16.2. The standard InChI is InChI=1S/C16H24N4O3/c1-2-17-16(18-10-14-4-3-9-23-14)19-11-15(22)20-12-5-7-13(21)8-6-12/h5-8,14,21H,2-4,9-11H2,1H3,(H,20,22)(H2,17,18,19). The van der Waals surface area contributed by atoms with Gasteiger partial charge in [-0.2, -0.15) is 0 Å². The third kappa shape index (κ3) is 6.15. The molecule has 1 aliphatic rings. The maximum atomic E-state index is 11.9. The Kier molecular flexibility index (Phi) is 6.68. The number of nitrogens with one attached hydrogen (secondary N) is 3. The topological polar surface area (TPSA) is 95.0 Å². The molecular formula is C16H24N4O3. The SMILES string of the molecule is CCNC(=NCC(=O)Nc1ccc(O)cc1)NCC1CCCO1. The summed E-state index contributed by atoms with van der Waals surface area (Å²) in [5, 5.41) is 18.2. The first kappa shape index (κ1) is 17.1. The van der Waals surface area contributed by atoms with Crippen molar-refractivity contribution in [2.75, 3.05) is 31.6 Å². The number of benzene rings is 1. The van der Waals surface area contributed by atoms with Crippen LogP contribution >= 0.6 is 0 Å². The van der Waals surface area contributed by atoms with Crippen LogP contribution in [0.25, 0.3) is 0 Å². The van der Waals surface area contributed by atoms with Gasteiger partial charge in [0.25, 0.3) is 0 Å². The fourth-order valence-corrected chi connectivity index (χ4v) is 2.25. The monoisotopic (exact) mass is 320 g/mol. The van der Waals surface area contributed by atoms with Gasteiger partial charge in [-0.25, -0.2) is 4.99 Å². The number of anilines is 1. The summed E-state index contributed by atoms with van der Waals surface area (Å²) in [5.74, 6) is 0.544. The molecule has 1 unspecified atom stereocenters. The second kappa shape index (κ2) is 8.99. The molecule has 4 N–H and O–H groups in total. The summed E-state index contributed by atoms with van der Waals surface area (Å²) >= 11 is 0. The summed E-state index contributed by atoms with van der Waals surface area (Å²) in [7, 11) is 0. The van der Waals surface area contributed by atoms with Crippen LogP contribution in [0, 0.1) is 0 Å². The number of guanidine groups is 1. The lowest BCUT2D eigenvalue weighted by atomic mass is 10.2. The van der Waals surface area contributed by atoms with Gasteiger partial charge in [0, 0.05) is 25.4 Å². The molecule has 1 aromatic carbocycles. The molecule has 126 valence electrons. The minimum atomic E-state index is -0.218. The van der Waals surface area contributed by atoms with Crippen molar-refractivity contribution < 1.29 is 14.6 Å². The van der Waals surface area contributed by atoms with Crippen LogP contribution in [0.3, 0.4) is 0 Å². The molecule has 1 atom stereocenters. The molecule has 0 bridgehead atoms. The molecule has 1 aliphatic heterocycles. The van der Waals surface area contributed by atoms with Gasteiger partial charge in [-0.3, -0.25) is 4.79 Å². The number of hydrogen-bond acceptors (Lipinski definition) is 4. The minimum Gasteiger partial charge on any atom is -0.508 e. The van der Waals surface area contributed by atoms with E-state index in [9.17, 15) is 9.90 Å². The summed E-state index contributed by atoms with van der Waals surface area (Å²) in [5.41, 5.74) is 0.625. The maximum Gasteiger partial charge on any atom is 0.246 e. The van der Waals surface area contributed by atoms with Crippen molar-refractivity contribution in [2.45, 2.75) is 25.9 Å². The zero-order valence-electron chi connectivity index (χ0n) is 13.3. The van der Waals surface area contributed by atoms with Crippen LogP contribution in [0.2, 0.25) is 0 Å². The molecule has 1 fully saturated rings. The fourth-order valence-electron chi connectivity index (χ4n) is 2.25. The second-order valence-corrected chi connectivity index (χ2v) is 5.31. The van der Waals surface area contributed by atoms with E-state index in [0.29, 0.717) is 18.2 Å². The van der Waals surface area contributed by atoms with Gasteiger partial charge in [0.2, 0.25) is 5.91 Å². The Morgan fingerprint density at radius 1 is 1.35 bits per heavy atom. The van der Waals surface area contributed by atoms with Crippen LogP contribution in [-0.4, -0.2) is 49.3 Å². The highest BCUT2D eigenvalue weighted by atomic mass is 16.5. The summed E-state index contributed by atoms with van der Waals surface area (Å²) in [6, 6.07) is 6.31. The van der Waals surface area contributed by atoms with Crippen molar-refractivity contribution in [1.29, 1.82) is 0 Å². The highest BCUT2D eigenvalue weighted by Gasteiger charge is 2.15.